The molecule has 0 radical (unpaired) electrons. The Morgan fingerprint density at radius 3 is 2.30 bits per heavy atom. The number of rotatable bonds is 9. The molecular formula is C21H25BrN2O5S. The molecule has 0 spiro atoms. The minimum atomic E-state index is -3.43. The number of carbonyl (C=O) groups excluding carboxylic acids is 1. The second-order valence-electron chi connectivity index (χ2n) is 6.94. The van der Waals surface area contributed by atoms with Gasteiger partial charge in [0.1, 0.15) is 18.1 Å². The Hall–Kier alpha value is -2.10. The molecule has 30 heavy (non-hydrogen) atoms. The van der Waals surface area contributed by atoms with E-state index in [-0.39, 0.29) is 17.4 Å². The van der Waals surface area contributed by atoms with Crippen LogP contribution in [-0.4, -0.2) is 51.0 Å². The third-order valence-corrected chi connectivity index (χ3v) is 7.13. The first kappa shape index (κ1) is 22.6. The summed E-state index contributed by atoms with van der Waals surface area (Å²) in [5, 5.41) is 2.76. The molecule has 3 rings (SSSR count). The molecule has 2 aromatic rings. The highest BCUT2D eigenvalue weighted by Gasteiger charge is 2.26. The zero-order valence-electron chi connectivity index (χ0n) is 16.7. The van der Waals surface area contributed by atoms with E-state index in [4.69, 9.17) is 9.47 Å². The molecule has 2 aromatic carbocycles. The number of nitrogens with zero attached hydrogens (tertiary/aromatic N) is 1. The van der Waals surface area contributed by atoms with Crippen molar-refractivity contribution in [2.45, 2.75) is 30.8 Å². The number of sulfonamides is 1. The SMILES string of the molecule is C[C@@H](Oc1ccc(Br)cc1)C(=O)NCCOc1ccc(S(=O)(=O)N2CCCC2)cc1. The van der Waals surface area contributed by atoms with Crippen molar-refractivity contribution in [1.29, 1.82) is 0 Å². The Labute approximate surface area is 185 Å². The van der Waals surface area contributed by atoms with Crippen molar-refractivity contribution >= 4 is 31.9 Å². The smallest absolute Gasteiger partial charge is 0.260 e. The van der Waals surface area contributed by atoms with Crippen LogP contribution in [0.2, 0.25) is 0 Å². The molecule has 1 aliphatic rings. The fraction of sp³-hybridized carbons (Fsp3) is 0.381. The number of ether oxygens (including phenoxy) is 2. The topological polar surface area (TPSA) is 84.9 Å². The van der Waals surface area contributed by atoms with Crippen LogP contribution in [0.1, 0.15) is 19.8 Å². The van der Waals surface area contributed by atoms with E-state index >= 15 is 0 Å². The lowest BCUT2D eigenvalue weighted by Gasteiger charge is -2.16. The summed E-state index contributed by atoms with van der Waals surface area (Å²) >= 11 is 3.35. The van der Waals surface area contributed by atoms with Crippen LogP contribution in [0.4, 0.5) is 0 Å². The quantitative estimate of drug-likeness (QED) is 0.538. The molecule has 1 N–H and O–H groups in total. The Balaban J connectivity index is 1.41. The van der Waals surface area contributed by atoms with Crippen LogP contribution in [0.25, 0.3) is 0 Å². The summed E-state index contributed by atoms with van der Waals surface area (Å²) in [6, 6.07) is 13.6. The molecule has 162 valence electrons. The minimum Gasteiger partial charge on any atom is -0.492 e. The second-order valence-corrected chi connectivity index (χ2v) is 9.79. The van der Waals surface area contributed by atoms with Crippen molar-refractivity contribution in [2.75, 3.05) is 26.2 Å². The first-order chi connectivity index (χ1) is 14.4. The Morgan fingerprint density at radius 2 is 1.67 bits per heavy atom. The van der Waals surface area contributed by atoms with Gasteiger partial charge < -0.3 is 14.8 Å². The molecule has 0 bridgehead atoms. The van der Waals surface area contributed by atoms with Crippen molar-refractivity contribution < 1.29 is 22.7 Å². The van der Waals surface area contributed by atoms with E-state index in [2.05, 4.69) is 21.2 Å². The van der Waals surface area contributed by atoms with Crippen LogP contribution in [0.5, 0.6) is 11.5 Å². The number of benzene rings is 2. The lowest BCUT2D eigenvalue weighted by atomic mass is 10.3. The summed E-state index contributed by atoms with van der Waals surface area (Å²) in [6.45, 7) is 3.39. The molecule has 0 unspecified atom stereocenters. The van der Waals surface area contributed by atoms with E-state index in [1.54, 1.807) is 43.3 Å². The summed E-state index contributed by atoms with van der Waals surface area (Å²) in [4.78, 5) is 12.4. The van der Waals surface area contributed by atoms with E-state index in [1.165, 1.54) is 4.31 Å². The van der Waals surface area contributed by atoms with Gasteiger partial charge in [-0.05, 0) is 68.3 Å². The van der Waals surface area contributed by atoms with Gasteiger partial charge in [-0.2, -0.15) is 4.31 Å². The van der Waals surface area contributed by atoms with Crippen molar-refractivity contribution in [1.82, 2.24) is 9.62 Å². The fourth-order valence-corrected chi connectivity index (χ4v) is 4.82. The normalized spacial score (nSPS) is 15.5. The van der Waals surface area contributed by atoms with E-state index in [9.17, 15) is 13.2 Å². The largest absolute Gasteiger partial charge is 0.492 e. The first-order valence-corrected chi connectivity index (χ1v) is 12.0. The molecule has 1 fully saturated rings. The second kappa shape index (κ2) is 10.3. The van der Waals surface area contributed by atoms with Gasteiger partial charge in [0, 0.05) is 17.6 Å². The summed E-state index contributed by atoms with van der Waals surface area (Å²) < 4.78 is 38.7. The first-order valence-electron chi connectivity index (χ1n) is 9.79. The highest BCUT2D eigenvalue weighted by atomic mass is 79.9. The molecule has 0 saturated carbocycles. The van der Waals surface area contributed by atoms with Crippen molar-refractivity contribution in [3.63, 3.8) is 0 Å². The fourth-order valence-electron chi connectivity index (χ4n) is 3.04. The molecular weight excluding hydrogens is 472 g/mol. The highest BCUT2D eigenvalue weighted by molar-refractivity contribution is 9.10. The zero-order chi connectivity index (χ0) is 21.6. The predicted molar refractivity (Wildman–Crippen MR) is 117 cm³/mol. The van der Waals surface area contributed by atoms with Gasteiger partial charge in [0.2, 0.25) is 10.0 Å². The van der Waals surface area contributed by atoms with Crippen LogP contribution >= 0.6 is 15.9 Å². The molecule has 1 saturated heterocycles. The van der Waals surface area contributed by atoms with Gasteiger partial charge in [-0.15, -0.1) is 0 Å². The van der Waals surface area contributed by atoms with E-state index in [1.807, 2.05) is 12.1 Å². The van der Waals surface area contributed by atoms with Crippen LogP contribution in [0, 0.1) is 0 Å². The van der Waals surface area contributed by atoms with Crippen LogP contribution in [0.15, 0.2) is 57.9 Å². The number of halogens is 1. The number of carbonyl (C=O) groups is 1. The maximum absolute atomic E-state index is 12.5. The van der Waals surface area contributed by atoms with Gasteiger partial charge in [-0.25, -0.2) is 8.42 Å². The predicted octanol–water partition coefficient (Wildman–Crippen LogP) is 3.20. The molecule has 1 atom stereocenters. The van der Waals surface area contributed by atoms with Gasteiger partial charge in [-0.3, -0.25) is 4.79 Å². The summed E-state index contributed by atoms with van der Waals surface area (Å²) in [5.41, 5.74) is 0. The van der Waals surface area contributed by atoms with Crippen molar-refractivity contribution in [2.24, 2.45) is 0 Å². The number of hydrogen-bond acceptors (Lipinski definition) is 5. The third-order valence-electron chi connectivity index (χ3n) is 4.69. The van der Waals surface area contributed by atoms with E-state index < -0.39 is 16.1 Å². The van der Waals surface area contributed by atoms with Crippen molar-refractivity contribution in [3.05, 3.63) is 53.0 Å². The molecule has 1 heterocycles. The van der Waals surface area contributed by atoms with E-state index in [0.29, 0.717) is 31.1 Å². The number of amides is 1. The molecule has 0 aliphatic carbocycles. The standard InChI is InChI=1S/C21H25BrN2O5S/c1-16(29-19-6-4-17(22)5-7-19)21(25)23-12-15-28-18-8-10-20(11-9-18)30(26,27)24-13-2-3-14-24/h4-11,16H,2-3,12-15H2,1H3,(H,23,25)/t16-/m1/s1. The highest BCUT2D eigenvalue weighted by Crippen LogP contribution is 2.23. The van der Waals surface area contributed by atoms with E-state index in [0.717, 1.165) is 17.3 Å². The van der Waals surface area contributed by atoms with Gasteiger partial charge in [-0.1, -0.05) is 15.9 Å². The van der Waals surface area contributed by atoms with Gasteiger partial charge in [0.15, 0.2) is 6.10 Å². The summed E-state index contributed by atoms with van der Waals surface area (Å²) in [5.74, 6) is 0.915. The molecule has 9 heteroatoms. The van der Waals surface area contributed by atoms with Crippen molar-refractivity contribution in [3.8, 4) is 11.5 Å². The van der Waals surface area contributed by atoms with Crippen LogP contribution in [-0.2, 0) is 14.8 Å². The Morgan fingerprint density at radius 1 is 1.07 bits per heavy atom. The summed E-state index contributed by atoms with van der Waals surface area (Å²) in [6.07, 6.45) is 1.17. The van der Waals surface area contributed by atoms with Crippen LogP contribution in [0.3, 0.4) is 0 Å². The van der Waals surface area contributed by atoms with Gasteiger partial charge in [0.25, 0.3) is 5.91 Å². The lowest BCUT2D eigenvalue weighted by Crippen LogP contribution is -2.38. The minimum absolute atomic E-state index is 0.242. The molecule has 0 aromatic heterocycles. The van der Waals surface area contributed by atoms with Gasteiger partial charge >= 0.3 is 0 Å². The maximum atomic E-state index is 12.5. The lowest BCUT2D eigenvalue weighted by molar-refractivity contribution is -0.127. The molecule has 1 aliphatic heterocycles. The van der Waals surface area contributed by atoms with Gasteiger partial charge in [0.05, 0.1) is 11.4 Å². The Kier molecular flexibility index (Phi) is 7.74. The average Bonchev–Trinajstić information content (AvgIpc) is 3.29. The Bertz CT molecular complexity index is 942. The third kappa shape index (κ3) is 5.96. The number of nitrogens with one attached hydrogen (secondary N) is 1. The number of hydrogen-bond donors (Lipinski definition) is 1. The molecule has 7 nitrogen and oxygen atoms in total. The molecule has 1 amide bonds. The summed E-state index contributed by atoms with van der Waals surface area (Å²) in [7, 11) is -3.43. The zero-order valence-corrected chi connectivity index (χ0v) is 19.1. The van der Waals surface area contributed by atoms with Crippen LogP contribution < -0.4 is 14.8 Å². The maximum Gasteiger partial charge on any atom is 0.260 e. The average molecular weight is 497 g/mol. The monoisotopic (exact) mass is 496 g/mol.